The van der Waals surface area contributed by atoms with E-state index >= 15 is 0 Å². The van der Waals surface area contributed by atoms with Crippen LogP contribution in [-0.4, -0.2) is 10.2 Å². The summed E-state index contributed by atoms with van der Waals surface area (Å²) in [6.07, 6.45) is 1.95. The lowest BCUT2D eigenvalue weighted by Crippen LogP contribution is -1.53. The molecule has 1 N–H and O–H groups in total. The molecule has 3 heteroatoms. The highest BCUT2D eigenvalue weighted by Crippen LogP contribution is 1.84. The van der Waals surface area contributed by atoms with E-state index in [1.807, 2.05) is 0 Å². The Morgan fingerprint density at radius 1 is 2.17 bits per heavy atom. The highest BCUT2D eigenvalue weighted by molar-refractivity contribution is 4.79. The van der Waals surface area contributed by atoms with Gasteiger partial charge in [-0.05, 0) is 0 Å². The molecule has 0 amide bonds. The topological polar surface area (TPSA) is 28.7 Å². The molecule has 0 radical (unpaired) electrons. The lowest BCUT2D eigenvalue weighted by molar-refractivity contribution is 0.628. The molecule has 1 rings (SSSR count). The number of aromatic amines is 1. The van der Waals surface area contributed by atoms with Crippen molar-refractivity contribution in [3.63, 3.8) is 0 Å². The Balaban J connectivity index is 3.04. The summed E-state index contributed by atoms with van der Waals surface area (Å²) in [7, 11) is 0. The zero-order valence-corrected chi connectivity index (χ0v) is 2.93. The van der Waals surface area contributed by atoms with E-state index in [-0.39, 0.29) is 0 Å². The maximum atomic E-state index is 11.7. The first-order valence-corrected chi connectivity index (χ1v) is 1.48. The van der Waals surface area contributed by atoms with Gasteiger partial charge in [0.1, 0.15) is 0 Å². The van der Waals surface area contributed by atoms with Crippen LogP contribution in [0.4, 0.5) is 4.39 Å². The fraction of sp³-hybridized carbons (Fsp3) is 0. The van der Waals surface area contributed by atoms with Gasteiger partial charge in [-0.15, -0.1) is 0 Å². The van der Waals surface area contributed by atoms with Gasteiger partial charge in [0.2, 0.25) is 0 Å². The zero-order chi connectivity index (χ0) is 5.28. The van der Waals surface area contributed by atoms with E-state index in [2.05, 4.69) is 5.10 Å². The molecule has 6 heavy (non-hydrogen) atoms. The van der Waals surface area contributed by atoms with E-state index in [0.29, 0.717) is 5.09 Å². The van der Waals surface area contributed by atoms with Crippen LogP contribution in [0.15, 0.2) is 12.4 Å². The normalized spacial score (nSPS) is 11.2. The number of hydrogen-bond acceptors (Lipinski definition) is 1. The highest BCUT2D eigenvalue weighted by Gasteiger charge is 1.80. The van der Waals surface area contributed by atoms with Crippen molar-refractivity contribution < 1.29 is 5.80 Å². The first kappa shape index (κ1) is 2.34. The number of halogens is 1. The molecule has 0 aliphatic heterocycles. The van der Waals surface area contributed by atoms with Crippen LogP contribution in [0.5, 0.6) is 0 Å². The third-order valence-corrected chi connectivity index (χ3v) is 0.429. The van der Waals surface area contributed by atoms with Gasteiger partial charge in [0, 0.05) is 0 Å². The zero-order valence-electron chi connectivity index (χ0n) is 3.93. The molecule has 0 saturated carbocycles. The van der Waals surface area contributed by atoms with Gasteiger partial charge in [-0.2, -0.15) is 5.10 Å². The van der Waals surface area contributed by atoms with Crippen LogP contribution >= 0.6 is 0 Å². The van der Waals surface area contributed by atoms with E-state index < -0.39 is 5.82 Å². The number of rotatable bonds is 0. The first-order valence-electron chi connectivity index (χ1n) is 1.93. The number of H-pyrrole nitrogens is 1. The standard InChI is InChI=1S/C3H3FN2/c4-3-1-5-6-2-3/h1-2H,(H,5,6)/i/hD. The van der Waals surface area contributed by atoms with E-state index in [0.717, 1.165) is 12.4 Å². The van der Waals surface area contributed by atoms with Crippen molar-refractivity contribution in [2.75, 3.05) is 0 Å². The first-order chi connectivity index (χ1) is 3.29. The predicted octanol–water partition coefficient (Wildman–Crippen LogP) is 0.549. The molecule has 1 aromatic heterocycles. The number of aromatic nitrogens is 2. The summed E-state index contributed by atoms with van der Waals surface area (Å²) in [5.74, 6) is -0.477. The van der Waals surface area contributed by atoms with Gasteiger partial charge in [0.15, 0.2) is 7.23 Å². The second-order valence-corrected chi connectivity index (χ2v) is 0.874. The smallest absolute Gasteiger partial charge is 0.189 e. The second kappa shape index (κ2) is 1.08. The number of hydrogen-bond donors (Lipinski definition) is 1. The third-order valence-electron chi connectivity index (χ3n) is 0.429. The van der Waals surface area contributed by atoms with Crippen LogP contribution in [0.3, 0.4) is 0 Å². The molecule has 0 saturated heterocycles. The van der Waals surface area contributed by atoms with Crippen molar-refractivity contribution >= 4 is 0 Å². The Morgan fingerprint density at radius 2 is 3.00 bits per heavy atom. The Hall–Kier alpha value is -0.860. The van der Waals surface area contributed by atoms with Crippen molar-refractivity contribution in [1.82, 2.24) is 10.2 Å². The summed E-state index contributed by atoms with van der Waals surface area (Å²) in [5.41, 5.74) is 0. The van der Waals surface area contributed by atoms with Gasteiger partial charge in [0.05, 0.1) is 12.4 Å². The summed E-state index contributed by atoms with van der Waals surface area (Å²) < 4.78 is 18.3. The summed E-state index contributed by atoms with van der Waals surface area (Å²) in [4.78, 5) is 0. The minimum atomic E-state index is -0.477. The minimum absolute atomic E-state index is 0.477. The van der Waals surface area contributed by atoms with Gasteiger partial charge in [0.25, 0.3) is 0 Å². The quantitative estimate of drug-likeness (QED) is 0.491. The number of nitrogens with one attached hydrogen (secondary N) is 1. The summed E-state index contributed by atoms with van der Waals surface area (Å²) in [6.45, 7) is 0. The molecular weight excluding hydrogens is 83.0 g/mol. The largest absolute Gasteiger partial charge is 0.283 e. The van der Waals surface area contributed by atoms with Crippen LogP contribution in [-0.2, 0) is 0 Å². The molecular formula is C3H3FN2. The monoisotopic (exact) mass is 87.0 g/mol. The lowest BCUT2D eigenvalue weighted by atomic mass is 10.7. The molecule has 0 fully saturated rings. The SMILES string of the molecule is [2H]n1cc(F)cn1. The van der Waals surface area contributed by atoms with Gasteiger partial charge in [-0.3, -0.25) is 5.09 Å². The average molecular weight is 87.1 g/mol. The van der Waals surface area contributed by atoms with Crippen molar-refractivity contribution in [3.05, 3.63) is 18.2 Å². The second-order valence-electron chi connectivity index (χ2n) is 0.874. The van der Waals surface area contributed by atoms with Crippen molar-refractivity contribution in [2.24, 2.45) is 0 Å². The van der Waals surface area contributed by atoms with Crippen LogP contribution in [0, 0.1) is 5.82 Å². The molecule has 0 aromatic carbocycles. The van der Waals surface area contributed by atoms with Crippen molar-refractivity contribution in [2.45, 2.75) is 0 Å². The summed E-state index contributed by atoms with van der Waals surface area (Å²) in [6, 6.07) is 0. The van der Waals surface area contributed by atoms with E-state index in [9.17, 15) is 4.39 Å². The molecule has 2 nitrogen and oxygen atoms in total. The van der Waals surface area contributed by atoms with Crippen molar-refractivity contribution in [3.8, 4) is 0 Å². The molecule has 0 atom stereocenters. The Bertz CT molecular complexity index is 145. The summed E-state index contributed by atoms with van der Waals surface area (Å²) in [5, 5.41) is 3.89. The summed E-state index contributed by atoms with van der Waals surface area (Å²) >= 11 is 0. The fourth-order valence-electron chi connectivity index (χ4n) is 0.210. The Labute approximate surface area is 35.5 Å². The lowest BCUT2D eigenvalue weighted by Gasteiger charge is -1.57. The average Bonchev–Trinajstić information content (AvgIpc) is 1.87. The van der Waals surface area contributed by atoms with Crippen LogP contribution in [0.1, 0.15) is 0 Å². The third kappa shape index (κ3) is 0.381. The number of nitrogens with zero attached hydrogens (tertiary/aromatic N) is 1. The van der Waals surface area contributed by atoms with Gasteiger partial charge >= 0.3 is 0 Å². The van der Waals surface area contributed by atoms with Crippen LogP contribution in [0.2, 0.25) is 1.41 Å². The van der Waals surface area contributed by atoms with Gasteiger partial charge in [-0.25, -0.2) is 4.39 Å². The maximum absolute atomic E-state index is 11.7. The molecule has 0 unspecified atom stereocenters. The van der Waals surface area contributed by atoms with Crippen LogP contribution in [0.25, 0.3) is 0 Å². The Kier molecular flexibility index (Phi) is 0.422. The maximum Gasteiger partial charge on any atom is 0.189 e. The van der Waals surface area contributed by atoms with Gasteiger partial charge in [-0.1, -0.05) is 0 Å². The predicted molar refractivity (Wildman–Crippen MR) is 18.5 cm³/mol. The van der Waals surface area contributed by atoms with Crippen molar-refractivity contribution in [1.29, 1.82) is 0 Å². The molecule has 0 aliphatic rings. The van der Waals surface area contributed by atoms with Gasteiger partial charge < -0.3 is 0 Å². The minimum Gasteiger partial charge on any atom is -0.283 e. The molecule has 1 heterocycles. The molecule has 0 aliphatic carbocycles. The highest BCUT2D eigenvalue weighted by atomic mass is 19.1. The van der Waals surface area contributed by atoms with E-state index in [1.54, 1.807) is 0 Å². The molecule has 0 spiro atoms. The molecule has 1 aromatic rings. The molecule has 32 valence electrons. The van der Waals surface area contributed by atoms with Crippen LogP contribution < -0.4 is 0 Å². The molecule has 0 bridgehead atoms. The fourth-order valence-corrected chi connectivity index (χ4v) is 0.210. The van der Waals surface area contributed by atoms with E-state index in [1.165, 1.54) is 0 Å². The Morgan fingerprint density at radius 3 is 3.17 bits per heavy atom. The van der Waals surface area contributed by atoms with E-state index in [4.69, 9.17) is 1.41 Å².